The normalized spacial score (nSPS) is 12.2. The lowest BCUT2D eigenvalue weighted by molar-refractivity contribution is -0.120. The molecule has 0 bridgehead atoms. The summed E-state index contributed by atoms with van der Waals surface area (Å²) in [6, 6.07) is 5.56. The number of rotatable bonds is 7. The van der Waals surface area contributed by atoms with E-state index >= 15 is 0 Å². The average Bonchev–Trinajstić information content (AvgIpc) is 2.33. The number of benzene rings is 1. The van der Waals surface area contributed by atoms with Crippen LogP contribution in [0, 0.1) is 13.8 Å². The van der Waals surface area contributed by atoms with E-state index in [4.69, 9.17) is 10.5 Å². The van der Waals surface area contributed by atoms with Crippen LogP contribution in [0.15, 0.2) is 18.2 Å². The molecule has 0 fully saturated rings. The molecule has 0 heterocycles. The van der Waals surface area contributed by atoms with Crippen LogP contribution in [0.2, 0.25) is 0 Å². The Labute approximate surface area is 109 Å². The van der Waals surface area contributed by atoms with Gasteiger partial charge in [-0.2, -0.15) is 0 Å². The summed E-state index contributed by atoms with van der Waals surface area (Å²) in [5, 5.41) is 3.07. The van der Waals surface area contributed by atoms with Crippen LogP contribution in [0.25, 0.3) is 0 Å². The average molecular weight is 250 g/mol. The number of aryl methyl sites for hydroxylation is 2. The van der Waals surface area contributed by atoms with E-state index < -0.39 is 6.04 Å². The van der Waals surface area contributed by atoms with Crippen molar-refractivity contribution in [2.45, 2.75) is 33.2 Å². The zero-order valence-corrected chi connectivity index (χ0v) is 11.3. The molecule has 3 N–H and O–H groups in total. The number of primary amides is 1. The zero-order valence-electron chi connectivity index (χ0n) is 11.3. The van der Waals surface area contributed by atoms with Gasteiger partial charge in [-0.05, 0) is 44.0 Å². The minimum Gasteiger partial charge on any atom is -0.491 e. The van der Waals surface area contributed by atoms with E-state index in [0.29, 0.717) is 0 Å². The van der Waals surface area contributed by atoms with E-state index in [1.165, 1.54) is 0 Å². The second-order valence-electron chi connectivity index (χ2n) is 4.49. The van der Waals surface area contributed by atoms with Crippen LogP contribution in [0.1, 0.15) is 24.5 Å². The third-order valence-corrected chi connectivity index (χ3v) is 2.73. The van der Waals surface area contributed by atoms with Gasteiger partial charge in [0.2, 0.25) is 5.91 Å². The summed E-state index contributed by atoms with van der Waals surface area (Å²) in [6.07, 6.45) is 0.952. The van der Waals surface area contributed by atoms with Crippen molar-refractivity contribution in [2.75, 3.05) is 13.2 Å². The standard InChI is InChI=1S/C14H22N2O2/c1-4-7-16-12(14(15)17)9-18-13-8-10(2)5-6-11(13)3/h5-6,8,12,16H,4,7,9H2,1-3H3,(H2,15,17). The van der Waals surface area contributed by atoms with Crippen molar-refractivity contribution < 1.29 is 9.53 Å². The van der Waals surface area contributed by atoms with Crippen LogP contribution < -0.4 is 15.8 Å². The van der Waals surface area contributed by atoms with E-state index in [1.807, 2.05) is 39.0 Å². The minimum atomic E-state index is -0.440. The Hall–Kier alpha value is -1.55. The lowest BCUT2D eigenvalue weighted by Crippen LogP contribution is -2.45. The molecule has 18 heavy (non-hydrogen) atoms. The Bertz CT molecular complexity index is 405. The second-order valence-corrected chi connectivity index (χ2v) is 4.49. The van der Waals surface area contributed by atoms with Crippen molar-refractivity contribution in [1.29, 1.82) is 0 Å². The molecule has 1 amide bonds. The third kappa shape index (κ3) is 4.37. The molecule has 0 aliphatic rings. The molecule has 0 aliphatic heterocycles. The first-order chi connectivity index (χ1) is 8.54. The molecule has 1 aromatic rings. The van der Waals surface area contributed by atoms with Gasteiger partial charge in [0.1, 0.15) is 18.4 Å². The van der Waals surface area contributed by atoms with Gasteiger partial charge >= 0.3 is 0 Å². The Morgan fingerprint density at radius 2 is 2.17 bits per heavy atom. The fourth-order valence-corrected chi connectivity index (χ4v) is 1.60. The van der Waals surface area contributed by atoms with Gasteiger partial charge in [-0.25, -0.2) is 0 Å². The molecule has 0 saturated heterocycles. The van der Waals surface area contributed by atoms with Gasteiger partial charge in [0.15, 0.2) is 0 Å². The molecule has 1 rings (SSSR count). The molecule has 1 atom stereocenters. The molecule has 0 aromatic heterocycles. The first kappa shape index (κ1) is 14.5. The number of nitrogens with one attached hydrogen (secondary N) is 1. The van der Waals surface area contributed by atoms with Crippen LogP contribution in [-0.2, 0) is 4.79 Å². The molecular weight excluding hydrogens is 228 g/mol. The quantitative estimate of drug-likeness (QED) is 0.771. The lowest BCUT2D eigenvalue weighted by Gasteiger charge is -2.17. The number of ether oxygens (including phenoxy) is 1. The summed E-state index contributed by atoms with van der Waals surface area (Å²) >= 11 is 0. The van der Waals surface area contributed by atoms with Gasteiger partial charge in [0, 0.05) is 0 Å². The highest BCUT2D eigenvalue weighted by molar-refractivity contribution is 5.80. The van der Waals surface area contributed by atoms with Crippen molar-refractivity contribution in [3.05, 3.63) is 29.3 Å². The lowest BCUT2D eigenvalue weighted by atomic mass is 10.1. The van der Waals surface area contributed by atoms with Gasteiger partial charge in [-0.3, -0.25) is 4.79 Å². The predicted molar refractivity (Wildman–Crippen MR) is 72.7 cm³/mol. The highest BCUT2D eigenvalue weighted by Gasteiger charge is 2.15. The Morgan fingerprint density at radius 1 is 1.44 bits per heavy atom. The van der Waals surface area contributed by atoms with Crippen LogP contribution in [-0.4, -0.2) is 25.1 Å². The molecule has 1 unspecified atom stereocenters. The maximum absolute atomic E-state index is 11.3. The van der Waals surface area contributed by atoms with Crippen molar-refractivity contribution in [3.63, 3.8) is 0 Å². The highest BCUT2D eigenvalue weighted by atomic mass is 16.5. The Balaban J connectivity index is 2.60. The smallest absolute Gasteiger partial charge is 0.238 e. The number of carbonyl (C=O) groups excluding carboxylic acids is 1. The number of nitrogens with two attached hydrogens (primary N) is 1. The van der Waals surface area contributed by atoms with Crippen molar-refractivity contribution in [1.82, 2.24) is 5.32 Å². The van der Waals surface area contributed by atoms with Gasteiger partial charge in [0.05, 0.1) is 0 Å². The maximum Gasteiger partial charge on any atom is 0.238 e. The number of carbonyl (C=O) groups is 1. The fourth-order valence-electron chi connectivity index (χ4n) is 1.60. The molecule has 4 heteroatoms. The number of hydrogen-bond donors (Lipinski definition) is 2. The minimum absolute atomic E-state index is 0.264. The summed E-state index contributed by atoms with van der Waals surface area (Å²) < 4.78 is 5.67. The molecule has 0 saturated carbocycles. The third-order valence-electron chi connectivity index (χ3n) is 2.73. The zero-order chi connectivity index (χ0) is 13.5. The summed E-state index contributed by atoms with van der Waals surface area (Å²) in [5.74, 6) is 0.424. The molecule has 1 aromatic carbocycles. The Kier molecular flexibility index (Phi) is 5.65. The molecule has 4 nitrogen and oxygen atoms in total. The van der Waals surface area contributed by atoms with Gasteiger partial charge in [0.25, 0.3) is 0 Å². The molecule has 0 radical (unpaired) electrons. The van der Waals surface area contributed by atoms with E-state index in [9.17, 15) is 4.79 Å². The second kappa shape index (κ2) is 7.01. The van der Waals surface area contributed by atoms with E-state index in [2.05, 4.69) is 5.32 Å². The summed E-state index contributed by atoms with van der Waals surface area (Å²) in [6.45, 7) is 7.04. The van der Waals surface area contributed by atoms with Crippen LogP contribution >= 0.6 is 0 Å². The highest BCUT2D eigenvalue weighted by Crippen LogP contribution is 2.19. The van der Waals surface area contributed by atoms with Crippen LogP contribution in [0.4, 0.5) is 0 Å². The van der Waals surface area contributed by atoms with Crippen LogP contribution in [0.3, 0.4) is 0 Å². The van der Waals surface area contributed by atoms with E-state index in [1.54, 1.807) is 0 Å². The Morgan fingerprint density at radius 3 is 2.78 bits per heavy atom. The number of amides is 1. The molecular formula is C14H22N2O2. The van der Waals surface area contributed by atoms with Crippen molar-refractivity contribution >= 4 is 5.91 Å². The van der Waals surface area contributed by atoms with E-state index in [-0.39, 0.29) is 12.5 Å². The molecule has 100 valence electrons. The van der Waals surface area contributed by atoms with Crippen molar-refractivity contribution in [2.24, 2.45) is 5.73 Å². The van der Waals surface area contributed by atoms with Gasteiger partial charge in [-0.1, -0.05) is 19.1 Å². The van der Waals surface area contributed by atoms with Gasteiger partial charge in [-0.15, -0.1) is 0 Å². The van der Waals surface area contributed by atoms with Crippen LogP contribution in [0.5, 0.6) is 5.75 Å². The van der Waals surface area contributed by atoms with Gasteiger partial charge < -0.3 is 15.8 Å². The first-order valence-electron chi connectivity index (χ1n) is 6.27. The van der Waals surface area contributed by atoms with Crippen molar-refractivity contribution in [3.8, 4) is 5.75 Å². The maximum atomic E-state index is 11.3. The summed E-state index contributed by atoms with van der Waals surface area (Å²) in [4.78, 5) is 11.3. The number of hydrogen-bond acceptors (Lipinski definition) is 3. The molecule has 0 spiro atoms. The first-order valence-corrected chi connectivity index (χ1v) is 6.27. The monoisotopic (exact) mass is 250 g/mol. The fraction of sp³-hybridized carbons (Fsp3) is 0.500. The summed E-state index contributed by atoms with van der Waals surface area (Å²) in [5.41, 5.74) is 7.52. The topological polar surface area (TPSA) is 64.3 Å². The predicted octanol–water partition coefficient (Wildman–Crippen LogP) is 1.54. The largest absolute Gasteiger partial charge is 0.491 e. The summed E-state index contributed by atoms with van der Waals surface area (Å²) in [7, 11) is 0. The SMILES string of the molecule is CCCNC(COc1cc(C)ccc1C)C(N)=O. The van der Waals surface area contributed by atoms with E-state index in [0.717, 1.165) is 29.8 Å². The molecule has 0 aliphatic carbocycles.